The van der Waals surface area contributed by atoms with Crippen LogP contribution in [0.15, 0.2) is 12.3 Å². The van der Waals surface area contributed by atoms with E-state index in [1.807, 2.05) is 6.92 Å². The van der Waals surface area contributed by atoms with Crippen LogP contribution in [0.1, 0.15) is 78.1 Å². The van der Waals surface area contributed by atoms with Crippen LogP contribution in [-0.2, 0) is 14.3 Å². The third-order valence-electron chi connectivity index (χ3n) is 3.21. The van der Waals surface area contributed by atoms with Crippen molar-refractivity contribution >= 4 is 5.97 Å². The molecule has 0 bridgehead atoms. The molecule has 0 aromatic carbocycles. The highest BCUT2D eigenvalue weighted by Crippen LogP contribution is 2.10. The van der Waals surface area contributed by atoms with E-state index in [0.29, 0.717) is 13.2 Å². The average Bonchev–Trinajstić information content (AvgIpc) is 2.45. The summed E-state index contributed by atoms with van der Waals surface area (Å²) < 4.78 is 9.98. The lowest BCUT2D eigenvalue weighted by molar-refractivity contribution is -0.138. The van der Waals surface area contributed by atoms with Crippen molar-refractivity contribution in [2.75, 3.05) is 13.2 Å². The van der Waals surface area contributed by atoms with Gasteiger partial charge in [-0.3, -0.25) is 0 Å². The Balaban J connectivity index is 3.14. The predicted molar refractivity (Wildman–Crippen MR) is 83.6 cm³/mol. The molecule has 0 atom stereocenters. The maximum Gasteiger partial charge on any atom is 0.333 e. The molecule has 0 rings (SSSR count). The van der Waals surface area contributed by atoms with E-state index >= 15 is 0 Å². The number of esters is 1. The summed E-state index contributed by atoms with van der Waals surface area (Å²) in [6.07, 6.45) is 15.6. The Bertz CT molecular complexity index is 236. The van der Waals surface area contributed by atoms with Crippen LogP contribution in [-0.4, -0.2) is 19.2 Å². The van der Waals surface area contributed by atoms with Crippen molar-refractivity contribution in [1.29, 1.82) is 0 Å². The van der Waals surface area contributed by atoms with Gasteiger partial charge in [0.15, 0.2) is 0 Å². The number of ether oxygens (including phenoxy) is 2. The van der Waals surface area contributed by atoms with Crippen molar-refractivity contribution in [2.24, 2.45) is 0 Å². The van der Waals surface area contributed by atoms with Crippen molar-refractivity contribution < 1.29 is 14.3 Å². The molecule has 0 aliphatic rings. The molecule has 0 N–H and O–H groups in total. The molecule has 0 unspecified atom stereocenters. The van der Waals surface area contributed by atoms with Gasteiger partial charge in [0.05, 0.1) is 25.6 Å². The zero-order chi connectivity index (χ0) is 14.9. The van der Waals surface area contributed by atoms with Gasteiger partial charge in [0.2, 0.25) is 0 Å². The first-order chi connectivity index (χ1) is 9.81. The van der Waals surface area contributed by atoms with Crippen molar-refractivity contribution in [3.8, 4) is 0 Å². The fourth-order valence-corrected chi connectivity index (χ4v) is 2.01. The molecule has 0 saturated carbocycles. The number of hydrogen-bond donors (Lipinski definition) is 0. The summed E-state index contributed by atoms with van der Waals surface area (Å²) >= 11 is 0. The lowest BCUT2D eigenvalue weighted by Crippen LogP contribution is -2.02. The summed E-state index contributed by atoms with van der Waals surface area (Å²) in [7, 11) is 0. The predicted octanol–water partition coefficient (Wildman–Crippen LogP) is 5.00. The van der Waals surface area contributed by atoms with E-state index in [2.05, 4.69) is 6.92 Å². The number of rotatable bonds is 14. The second-order valence-corrected chi connectivity index (χ2v) is 5.11. The van der Waals surface area contributed by atoms with Gasteiger partial charge in [-0.2, -0.15) is 0 Å². The van der Waals surface area contributed by atoms with Crippen LogP contribution in [0.5, 0.6) is 0 Å². The zero-order valence-corrected chi connectivity index (χ0v) is 13.4. The lowest BCUT2D eigenvalue weighted by atomic mass is 10.1. The second kappa shape index (κ2) is 16.1. The van der Waals surface area contributed by atoms with Gasteiger partial charge in [0.25, 0.3) is 0 Å². The zero-order valence-electron chi connectivity index (χ0n) is 13.4. The summed E-state index contributed by atoms with van der Waals surface area (Å²) in [5, 5.41) is 0. The Hall–Kier alpha value is -0.990. The third-order valence-corrected chi connectivity index (χ3v) is 3.21. The van der Waals surface area contributed by atoms with Gasteiger partial charge in [-0.25, -0.2) is 4.79 Å². The molecule has 118 valence electrons. The van der Waals surface area contributed by atoms with Crippen LogP contribution in [0.2, 0.25) is 0 Å². The van der Waals surface area contributed by atoms with Crippen LogP contribution < -0.4 is 0 Å². The molecule has 0 aromatic heterocycles. The Labute approximate surface area is 124 Å². The molecule has 0 aromatic rings. The highest BCUT2D eigenvalue weighted by atomic mass is 16.5. The number of carbonyl (C=O) groups is 1. The van der Waals surface area contributed by atoms with Crippen LogP contribution in [0.3, 0.4) is 0 Å². The molecule has 0 aliphatic carbocycles. The summed E-state index contributed by atoms with van der Waals surface area (Å²) in [5.74, 6) is -0.311. The minimum Gasteiger partial charge on any atom is -0.501 e. The molecule has 20 heavy (non-hydrogen) atoms. The fraction of sp³-hybridized carbons (Fsp3) is 0.824. The van der Waals surface area contributed by atoms with Crippen molar-refractivity contribution in [1.82, 2.24) is 0 Å². The van der Waals surface area contributed by atoms with E-state index in [0.717, 1.165) is 12.8 Å². The maximum atomic E-state index is 11.2. The number of carbonyl (C=O) groups excluding carboxylic acids is 1. The van der Waals surface area contributed by atoms with Gasteiger partial charge in [-0.15, -0.1) is 0 Å². The molecular weight excluding hydrogens is 252 g/mol. The van der Waals surface area contributed by atoms with Gasteiger partial charge in [0.1, 0.15) is 0 Å². The molecule has 3 nitrogen and oxygen atoms in total. The second-order valence-electron chi connectivity index (χ2n) is 5.11. The third kappa shape index (κ3) is 15.1. The van der Waals surface area contributed by atoms with E-state index in [-0.39, 0.29) is 5.97 Å². The molecule has 0 aliphatic heterocycles. The van der Waals surface area contributed by atoms with Gasteiger partial charge in [0, 0.05) is 0 Å². The summed E-state index contributed by atoms with van der Waals surface area (Å²) in [6, 6.07) is 0. The quantitative estimate of drug-likeness (QED) is 0.195. The molecule has 0 saturated heterocycles. The Morgan fingerprint density at radius 3 is 1.95 bits per heavy atom. The largest absolute Gasteiger partial charge is 0.501 e. The van der Waals surface area contributed by atoms with Gasteiger partial charge in [-0.1, -0.05) is 64.7 Å². The van der Waals surface area contributed by atoms with Crippen molar-refractivity contribution in [3.05, 3.63) is 12.3 Å². The standard InChI is InChI=1S/C17H32O3/c1-3-5-6-7-8-9-10-11-12-13-15-20-17(18)14-16-19-4-2/h14,16H,3-13,15H2,1-2H3. The van der Waals surface area contributed by atoms with E-state index < -0.39 is 0 Å². The lowest BCUT2D eigenvalue weighted by Gasteiger charge is -2.03. The maximum absolute atomic E-state index is 11.2. The molecule has 0 amide bonds. The minimum absolute atomic E-state index is 0.311. The van der Waals surface area contributed by atoms with Crippen molar-refractivity contribution in [2.45, 2.75) is 78.1 Å². The number of hydrogen-bond acceptors (Lipinski definition) is 3. The Morgan fingerprint density at radius 1 is 0.850 bits per heavy atom. The normalized spacial score (nSPS) is 10.9. The van der Waals surface area contributed by atoms with E-state index in [4.69, 9.17) is 9.47 Å². The summed E-state index contributed by atoms with van der Waals surface area (Å²) in [6.45, 7) is 5.22. The molecular formula is C17H32O3. The van der Waals surface area contributed by atoms with E-state index in [1.165, 1.54) is 63.7 Å². The first-order valence-corrected chi connectivity index (χ1v) is 8.26. The van der Waals surface area contributed by atoms with Gasteiger partial charge >= 0.3 is 5.97 Å². The topological polar surface area (TPSA) is 35.5 Å². The van der Waals surface area contributed by atoms with Crippen LogP contribution in [0, 0.1) is 0 Å². The highest BCUT2D eigenvalue weighted by molar-refractivity contribution is 5.81. The molecule has 0 radical (unpaired) electrons. The van der Waals surface area contributed by atoms with Crippen LogP contribution >= 0.6 is 0 Å². The first kappa shape index (κ1) is 19.0. The molecule has 3 heteroatoms. The SMILES string of the molecule is CCCCCCCCCCCCOC(=O)C=COCC. The van der Waals surface area contributed by atoms with E-state index in [9.17, 15) is 4.79 Å². The van der Waals surface area contributed by atoms with Gasteiger partial charge < -0.3 is 9.47 Å². The van der Waals surface area contributed by atoms with Crippen molar-refractivity contribution in [3.63, 3.8) is 0 Å². The number of unbranched alkanes of at least 4 members (excludes halogenated alkanes) is 9. The Kier molecular flexibility index (Phi) is 15.3. The van der Waals surface area contributed by atoms with Crippen LogP contribution in [0.25, 0.3) is 0 Å². The van der Waals surface area contributed by atoms with Crippen LogP contribution in [0.4, 0.5) is 0 Å². The average molecular weight is 284 g/mol. The van der Waals surface area contributed by atoms with Gasteiger partial charge in [-0.05, 0) is 13.3 Å². The Morgan fingerprint density at radius 2 is 1.40 bits per heavy atom. The molecule has 0 heterocycles. The highest BCUT2D eigenvalue weighted by Gasteiger charge is 1.97. The van der Waals surface area contributed by atoms with E-state index in [1.54, 1.807) is 0 Å². The first-order valence-electron chi connectivity index (χ1n) is 8.26. The molecule has 0 fully saturated rings. The minimum atomic E-state index is -0.311. The smallest absolute Gasteiger partial charge is 0.333 e. The molecule has 0 spiro atoms. The summed E-state index contributed by atoms with van der Waals surface area (Å²) in [4.78, 5) is 11.2. The summed E-state index contributed by atoms with van der Waals surface area (Å²) in [5.41, 5.74) is 0. The fourth-order valence-electron chi connectivity index (χ4n) is 2.01. The monoisotopic (exact) mass is 284 g/mol.